The normalized spacial score (nSPS) is 29.3. The molecule has 2 aliphatic rings. The van der Waals surface area contributed by atoms with Crippen LogP contribution in [0.3, 0.4) is 0 Å². The number of aromatic hydroxyl groups is 2. The number of aliphatic hydroxyl groups excluding tert-OH is 3. The van der Waals surface area contributed by atoms with Gasteiger partial charge in [0.1, 0.15) is 36.8 Å². The SMILES string of the molecule is O=C1CCC(O)(CCO[C@@H]2O[C@H](COC(=O)/C=C/c3ccc(O)c(O)c3)[C@@H](O)[C@H](O)[C@H]2O)CC1. The Morgan fingerprint density at radius 1 is 1.09 bits per heavy atom. The van der Waals surface area contributed by atoms with Crippen molar-refractivity contribution in [2.75, 3.05) is 13.2 Å². The summed E-state index contributed by atoms with van der Waals surface area (Å²) in [7, 11) is 0. The zero-order chi connectivity index (χ0) is 24.9. The average molecular weight is 482 g/mol. The van der Waals surface area contributed by atoms with E-state index in [0.29, 0.717) is 31.2 Å². The predicted molar refractivity (Wildman–Crippen MR) is 115 cm³/mol. The van der Waals surface area contributed by atoms with Gasteiger partial charge in [-0.25, -0.2) is 4.79 Å². The number of carbonyl (C=O) groups excluding carboxylic acids is 2. The number of aliphatic hydroxyl groups is 4. The molecule has 188 valence electrons. The van der Waals surface area contributed by atoms with Crippen molar-refractivity contribution in [3.05, 3.63) is 29.8 Å². The number of Topliss-reactive ketones (excluding diaryl/α,β-unsaturated/α-hetero) is 1. The van der Waals surface area contributed by atoms with Crippen molar-refractivity contribution in [2.45, 2.75) is 68.4 Å². The fourth-order valence-electron chi connectivity index (χ4n) is 3.82. The molecule has 1 aromatic carbocycles. The highest BCUT2D eigenvalue weighted by molar-refractivity contribution is 5.87. The third-order valence-corrected chi connectivity index (χ3v) is 6.06. The molecular weight excluding hydrogens is 452 g/mol. The van der Waals surface area contributed by atoms with Crippen LogP contribution in [0.25, 0.3) is 6.08 Å². The van der Waals surface area contributed by atoms with Crippen molar-refractivity contribution in [1.29, 1.82) is 0 Å². The lowest BCUT2D eigenvalue weighted by Crippen LogP contribution is -2.59. The summed E-state index contributed by atoms with van der Waals surface area (Å²) in [6.07, 6.45) is -3.42. The highest BCUT2D eigenvalue weighted by atomic mass is 16.7. The number of esters is 1. The van der Waals surface area contributed by atoms with Crippen LogP contribution < -0.4 is 0 Å². The van der Waals surface area contributed by atoms with Crippen LogP contribution in [0.2, 0.25) is 0 Å². The van der Waals surface area contributed by atoms with E-state index in [1.54, 1.807) is 0 Å². The zero-order valence-corrected chi connectivity index (χ0v) is 18.4. The first-order valence-corrected chi connectivity index (χ1v) is 11.0. The lowest BCUT2D eigenvalue weighted by molar-refractivity contribution is -0.303. The molecule has 1 saturated carbocycles. The molecule has 1 heterocycles. The Morgan fingerprint density at radius 2 is 1.79 bits per heavy atom. The number of carbonyl (C=O) groups is 2. The van der Waals surface area contributed by atoms with Gasteiger partial charge in [0.25, 0.3) is 0 Å². The van der Waals surface area contributed by atoms with Gasteiger partial charge in [-0.15, -0.1) is 0 Å². The fraction of sp³-hybridized carbons (Fsp3) is 0.565. The van der Waals surface area contributed by atoms with Crippen LogP contribution in [0.4, 0.5) is 0 Å². The van der Waals surface area contributed by atoms with Crippen LogP contribution in [0, 0.1) is 0 Å². The Morgan fingerprint density at radius 3 is 2.47 bits per heavy atom. The van der Waals surface area contributed by atoms with Crippen LogP contribution in [0.1, 0.15) is 37.7 Å². The van der Waals surface area contributed by atoms with Crippen molar-refractivity contribution in [3.63, 3.8) is 0 Å². The maximum Gasteiger partial charge on any atom is 0.330 e. The Labute approximate surface area is 195 Å². The number of phenols is 2. The number of ketones is 1. The zero-order valence-electron chi connectivity index (χ0n) is 18.4. The molecule has 3 rings (SSSR count). The van der Waals surface area contributed by atoms with E-state index in [0.717, 1.165) is 6.08 Å². The second-order valence-corrected chi connectivity index (χ2v) is 8.61. The molecule has 0 spiro atoms. The Hall–Kier alpha value is -2.54. The molecule has 0 aromatic heterocycles. The average Bonchev–Trinajstić information content (AvgIpc) is 2.81. The van der Waals surface area contributed by atoms with E-state index in [-0.39, 0.29) is 30.3 Å². The number of benzene rings is 1. The molecule has 11 heteroatoms. The molecule has 6 N–H and O–H groups in total. The second kappa shape index (κ2) is 11.3. The molecule has 34 heavy (non-hydrogen) atoms. The Bertz CT molecular complexity index is 889. The van der Waals surface area contributed by atoms with E-state index in [9.17, 15) is 40.2 Å². The lowest BCUT2D eigenvalue weighted by Gasteiger charge is -2.40. The predicted octanol–water partition coefficient (Wildman–Crippen LogP) is -0.257. The van der Waals surface area contributed by atoms with Crippen LogP contribution in [-0.4, -0.2) is 91.9 Å². The highest BCUT2D eigenvalue weighted by Gasteiger charge is 2.45. The smallest absolute Gasteiger partial charge is 0.330 e. The molecule has 1 saturated heterocycles. The first kappa shape index (κ1) is 26.1. The molecule has 0 amide bonds. The van der Waals surface area contributed by atoms with E-state index in [2.05, 4.69) is 0 Å². The topological polar surface area (TPSA) is 183 Å². The minimum Gasteiger partial charge on any atom is -0.504 e. The van der Waals surface area contributed by atoms with Crippen LogP contribution in [-0.2, 0) is 23.8 Å². The third kappa shape index (κ3) is 6.75. The van der Waals surface area contributed by atoms with Crippen LogP contribution in [0.5, 0.6) is 11.5 Å². The number of hydrogen-bond donors (Lipinski definition) is 6. The maximum atomic E-state index is 12.0. The van der Waals surface area contributed by atoms with Crippen LogP contribution >= 0.6 is 0 Å². The van der Waals surface area contributed by atoms with Gasteiger partial charge in [-0.05, 0) is 43.0 Å². The maximum absolute atomic E-state index is 12.0. The van der Waals surface area contributed by atoms with Gasteiger partial charge >= 0.3 is 5.97 Å². The van der Waals surface area contributed by atoms with E-state index < -0.39 is 48.9 Å². The minimum atomic E-state index is -1.62. The molecule has 5 atom stereocenters. The first-order valence-electron chi connectivity index (χ1n) is 11.0. The molecule has 0 unspecified atom stereocenters. The van der Waals surface area contributed by atoms with Gasteiger partial charge in [-0.1, -0.05) is 6.07 Å². The largest absolute Gasteiger partial charge is 0.504 e. The highest BCUT2D eigenvalue weighted by Crippen LogP contribution is 2.30. The van der Waals surface area contributed by atoms with E-state index >= 15 is 0 Å². The van der Waals surface area contributed by atoms with Gasteiger partial charge in [0.2, 0.25) is 0 Å². The van der Waals surface area contributed by atoms with Crippen molar-refractivity contribution in [3.8, 4) is 11.5 Å². The van der Waals surface area contributed by atoms with Crippen molar-refractivity contribution >= 4 is 17.8 Å². The summed E-state index contributed by atoms with van der Waals surface area (Å²) in [4.78, 5) is 23.4. The lowest BCUT2D eigenvalue weighted by atomic mass is 9.82. The first-order chi connectivity index (χ1) is 16.1. The number of hydrogen-bond acceptors (Lipinski definition) is 11. The summed E-state index contributed by atoms with van der Waals surface area (Å²) in [5, 5.41) is 59.8. The molecular formula is C23H30O11. The quantitative estimate of drug-likeness (QED) is 0.163. The van der Waals surface area contributed by atoms with Gasteiger partial charge in [-0.3, -0.25) is 4.79 Å². The van der Waals surface area contributed by atoms with Gasteiger partial charge < -0.3 is 44.8 Å². The van der Waals surface area contributed by atoms with Crippen molar-refractivity contribution in [2.24, 2.45) is 0 Å². The fourth-order valence-corrected chi connectivity index (χ4v) is 3.82. The minimum absolute atomic E-state index is 0.0239. The van der Waals surface area contributed by atoms with Crippen LogP contribution in [0.15, 0.2) is 24.3 Å². The van der Waals surface area contributed by atoms with Gasteiger partial charge in [-0.2, -0.15) is 0 Å². The van der Waals surface area contributed by atoms with E-state index in [1.807, 2.05) is 0 Å². The Kier molecular flexibility index (Phi) is 8.63. The van der Waals surface area contributed by atoms with E-state index in [1.165, 1.54) is 24.3 Å². The van der Waals surface area contributed by atoms with Gasteiger partial charge in [0.15, 0.2) is 17.8 Å². The summed E-state index contributed by atoms with van der Waals surface area (Å²) < 4.78 is 16.0. The Balaban J connectivity index is 1.49. The molecule has 11 nitrogen and oxygen atoms in total. The summed E-state index contributed by atoms with van der Waals surface area (Å²) in [6, 6.07) is 3.97. The molecule has 1 aliphatic heterocycles. The molecule has 1 aromatic rings. The summed E-state index contributed by atoms with van der Waals surface area (Å²) in [5.74, 6) is -1.35. The number of ether oxygens (including phenoxy) is 3. The summed E-state index contributed by atoms with van der Waals surface area (Å²) in [5.41, 5.74) is -0.626. The third-order valence-electron chi connectivity index (χ3n) is 6.06. The molecule has 1 aliphatic carbocycles. The molecule has 0 radical (unpaired) electrons. The van der Waals surface area contributed by atoms with Crippen molar-refractivity contribution in [1.82, 2.24) is 0 Å². The molecule has 0 bridgehead atoms. The van der Waals surface area contributed by atoms with Gasteiger partial charge in [0.05, 0.1) is 12.2 Å². The number of phenolic OH excluding ortho intramolecular Hbond substituents is 2. The van der Waals surface area contributed by atoms with Crippen molar-refractivity contribution < 1.29 is 54.4 Å². The second-order valence-electron chi connectivity index (χ2n) is 8.61. The van der Waals surface area contributed by atoms with E-state index in [4.69, 9.17) is 14.2 Å². The molecule has 2 fully saturated rings. The summed E-state index contributed by atoms with van der Waals surface area (Å²) >= 11 is 0. The number of rotatable bonds is 8. The standard InChI is InChI=1S/C23H30O11/c24-14-5-7-23(31,8-6-14)9-10-32-22-21(30)20(29)19(28)17(34-22)12-33-18(27)4-2-13-1-3-15(25)16(26)11-13/h1-4,11,17,19-22,25-26,28-31H,5-10,12H2/b4-2+/t17-,19-,20+,21-,22-/m1/s1. The summed E-state index contributed by atoms with van der Waals surface area (Å²) in [6.45, 7) is -0.467. The monoisotopic (exact) mass is 482 g/mol. The van der Waals surface area contributed by atoms with Gasteiger partial charge in [0, 0.05) is 18.9 Å².